The Morgan fingerprint density at radius 1 is 0.824 bits per heavy atom. The molecule has 0 atom stereocenters. The SMILES string of the molecule is CC(=O)O/N=C(/c1ccccc1)c1ccc(-n2c3ccccc3c3cc([N+](=O)[O-])ccc32)cc1. The number of para-hydroxylation sites is 1. The van der Waals surface area contributed by atoms with Crippen LogP contribution < -0.4 is 0 Å². The maximum absolute atomic E-state index is 11.4. The fraction of sp³-hybridized carbons (Fsp3) is 0.0370. The van der Waals surface area contributed by atoms with Crippen molar-refractivity contribution in [3.8, 4) is 5.69 Å². The molecule has 0 bridgehead atoms. The number of aromatic nitrogens is 1. The minimum Gasteiger partial charge on any atom is -0.318 e. The number of nitro benzene ring substituents is 1. The molecule has 0 N–H and O–H groups in total. The van der Waals surface area contributed by atoms with Gasteiger partial charge in [0.25, 0.3) is 5.69 Å². The minimum atomic E-state index is -0.496. The van der Waals surface area contributed by atoms with Gasteiger partial charge in [-0.3, -0.25) is 10.1 Å². The molecule has 5 rings (SSSR count). The molecule has 0 aliphatic heterocycles. The van der Waals surface area contributed by atoms with Gasteiger partial charge in [0.1, 0.15) is 5.71 Å². The maximum Gasteiger partial charge on any atom is 0.332 e. The Balaban J connectivity index is 1.64. The molecule has 0 fully saturated rings. The topological polar surface area (TPSA) is 86.7 Å². The number of nitro groups is 1. The molecule has 166 valence electrons. The number of hydrogen-bond donors (Lipinski definition) is 0. The molecule has 0 amide bonds. The van der Waals surface area contributed by atoms with Crippen LogP contribution in [0.1, 0.15) is 18.1 Å². The van der Waals surface area contributed by atoms with Crippen molar-refractivity contribution in [2.45, 2.75) is 6.92 Å². The van der Waals surface area contributed by atoms with Gasteiger partial charge in [0.05, 0.1) is 16.0 Å². The zero-order valence-electron chi connectivity index (χ0n) is 18.2. The molecule has 0 spiro atoms. The Hall–Kier alpha value is -4.78. The van der Waals surface area contributed by atoms with Gasteiger partial charge in [-0.15, -0.1) is 0 Å². The van der Waals surface area contributed by atoms with Crippen molar-refractivity contribution >= 4 is 39.2 Å². The number of carbonyl (C=O) groups excluding carboxylic acids is 1. The maximum atomic E-state index is 11.4. The molecule has 5 aromatic rings. The molecule has 0 radical (unpaired) electrons. The lowest BCUT2D eigenvalue weighted by Crippen LogP contribution is -2.06. The Morgan fingerprint density at radius 2 is 1.47 bits per heavy atom. The van der Waals surface area contributed by atoms with E-state index in [0.29, 0.717) is 5.71 Å². The summed E-state index contributed by atoms with van der Waals surface area (Å²) in [6.07, 6.45) is 0. The van der Waals surface area contributed by atoms with Crippen LogP contribution in [0, 0.1) is 10.1 Å². The van der Waals surface area contributed by atoms with E-state index < -0.39 is 5.97 Å². The number of oxime groups is 1. The third kappa shape index (κ3) is 3.80. The molecule has 7 nitrogen and oxygen atoms in total. The number of carbonyl (C=O) groups is 1. The van der Waals surface area contributed by atoms with E-state index in [1.807, 2.05) is 78.9 Å². The van der Waals surface area contributed by atoms with E-state index in [4.69, 9.17) is 4.84 Å². The second-order valence-corrected chi connectivity index (χ2v) is 7.75. The van der Waals surface area contributed by atoms with Crippen LogP contribution in [0.3, 0.4) is 0 Å². The first-order valence-electron chi connectivity index (χ1n) is 10.6. The van der Waals surface area contributed by atoms with E-state index in [1.165, 1.54) is 13.0 Å². The van der Waals surface area contributed by atoms with Crippen molar-refractivity contribution in [2.75, 3.05) is 0 Å². The fourth-order valence-corrected chi connectivity index (χ4v) is 4.10. The van der Waals surface area contributed by atoms with Crippen LogP contribution in [-0.4, -0.2) is 21.2 Å². The van der Waals surface area contributed by atoms with Crippen molar-refractivity contribution in [2.24, 2.45) is 5.16 Å². The lowest BCUT2D eigenvalue weighted by molar-refractivity contribution is -0.384. The first-order valence-corrected chi connectivity index (χ1v) is 10.6. The molecule has 7 heteroatoms. The summed E-state index contributed by atoms with van der Waals surface area (Å²) in [7, 11) is 0. The van der Waals surface area contributed by atoms with E-state index in [2.05, 4.69) is 9.72 Å². The van der Waals surface area contributed by atoms with Gasteiger partial charge in [0, 0.05) is 46.6 Å². The van der Waals surface area contributed by atoms with Crippen LogP contribution in [0.5, 0.6) is 0 Å². The summed E-state index contributed by atoms with van der Waals surface area (Å²) in [5.74, 6) is -0.496. The van der Waals surface area contributed by atoms with Crippen LogP contribution in [-0.2, 0) is 9.63 Å². The van der Waals surface area contributed by atoms with Crippen molar-refractivity contribution in [3.63, 3.8) is 0 Å². The van der Waals surface area contributed by atoms with Crippen LogP contribution in [0.25, 0.3) is 27.5 Å². The van der Waals surface area contributed by atoms with Gasteiger partial charge in [0.15, 0.2) is 0 Å². The quantitative estimate of drug-likeness (QED) is 0.142. The number of fused-ring (bicyclic) bond motifs is 3. The minimum absolute atomic E-state index is 0.0555. The lowest BCUT2D eigenvalue weighted by atomic mass is 10.0. The summed E-state index contributed by atoms with van der Waals surface area (Å²) in [6.45, 7) is 1.31. The molecular formula is C27H19N3O4. The molecular weight excluding hydrogens is 430 g/mol. The van der Waals surface area contributed by atoms with E-state index >= 15 is 0 Å². The zero-order chi connectivity index (χ0) is 23.7. The number of rotatable bonds is 5. The third-order valence-corrected chi connectivity index (χ3v) is 5.58. The molecule has 34 heavy (non-hydrogen) atoms. The average molecular weight is 449 g/mol. The second kappa shape index (κ2) is 8.63. The molecule has 1 aromatic heterocycles. The second-order valence-electron chi connectivity index (χ2n) is 7.75. The number of hydrogen-bond acceptors (Lipinski definition) is 5. The molecule has 0 aliphatic carbocycles. The Kier molecular flexibility index (Phi) is 5.35. The number of benzene rings is 4. The van der Waals surface area contributed by atoms with Crippen LogP contribution in [0.4, 0.5) is 5.69 Å². The molecule has 1 heterocycles. The van der Waals surface area contributed by atoms with Crippen molar-refractivity contribution in [1.82, 2.24) is 4.57 Å². The Labute approximate surface area is 194 Å². The highest BCUT2D eigenvalue weighted by molar-refractivity contribution is 6.13. The smallest absolute Gasteiger partial charge is 0.318 e. The van der Waals surface area contributed by atoms with Gasteiger partial charge in [-0.2, -0.15) is 0 Å². The van der Waals surface area contributed by atoms with Gasteiger partial charge < -0.3 is 9.40 Å². The Bertz CT molecular complexity index is 1570. The normalized spacial score (nSPS) is 11.6. The summed E-state index contributed by atoms with van der Waals surface area (Å²) in [4.78, 5) is 27.3. The highest BCUT2D eigenvalue weighted by Crippen LogP contribution is 2.34. The van der Waals surface area contributed by atoms with Gasteiger partial charge in [-0.25, -0.2) is 4.79 Å². The predicted molar refractivity (Wildman–Crippen MR) is 131 cm³/mol. The number of non-ortho nitro benzene ring substituents is 1. The lowest BCUT2D eigenvalue weighted by Gasteiger charge is -2.10. The molecule has 0 saturated carbocycles. The average Bonchev–Trinajstić information content (AvgIpc) is 3.19. The van der Waals surface area contributed by atoms with Crippen molar-refractivity contribution in [3.05, 3.63) is 118 Å². The van der Waals surface area contributed by atoms with E-state index in [0.717, 1.165) is 38.6 Å². The third-order valence-electron chi connectivity index (χ3n) is 5.58. The highest BCUT2D eigenvalue weighted by atomic mass is 16.7. The van der Waals surface area contributed by atoms with E-state index in [9.17, 15) is 14.9 Å². The summed E-state index contributed by atoms with van der Waals surface area (Å²) >= 11 is 0. The first kappa shape index (κ1) is 21.1. The number of nitrogens with zero attached hydrogens (tertiary/aromatic N) is 3. The highest BCUT2D eigenvalue weighted by Gasteiger charge is 2.16. The van der Waals surface area contributed by atoms with Crippen LogP contribution in [0.15, 0.2) is 102 Å². The fourth-order valence-electron chi connectivity index (χ4n) is 4.10. The Morgan fingerprint density at radius 3 is 2.18 bits per heavy atom. The molecule has 0 saturated heterocycles. The van der Waals surface area contributed by atoms with Crippen molar-refractivity contribution < 1.29 is 14.6 Å². The summed E-state index contributed by atoms with van der Waals surface area (Å²) in [5, 5.41) is 17.2. The molecule has 4 aromatic carbocycles. The standard InChI is InChI=1S/C27H19N3O4/c1-18(31)34-28-27(19-7-3-2-4-8-19)20-11-13-21(14-12-20)29-25-10-6-5-9-23(25)24-17-22(30(32)33)15-16-26(24)29/h2-17H,1H3/b28-27-. The summed E-state index contributed by atoms with van der Waals surface area (Å²) in [5.41, 5.74) is 4.91. The zero-order valence-corrected chi connectivity index (χ0v) is 18.2. The van der Waals surface area contributed by atoms with Crippen LogP contribution >= 0.6 is 0 Å². The van der Waals surface area contributed by atoms with E-state index in [1.54, 1.807) is 12.1 Å². The molecule has 0 aliphatic rings. The summed E-state index contributed by atoms with van der Waals surface area (Å²) < 4.78 is 2.07. The summed E-state index contributed by atoms with van der Waals surface area (Å²) in [6, 6.07) is 30.0. The van der Waals surface area contributed by atoms with Crippen molar-refractivity contribution in [1.29, 1.82) is 0 Å². The van der Waals surface area contributed by atoms with E-state index in [-0.39, 0.29) is 10.6 Å². The predicted octanol–water partition coefficient (Wildman–Crippen LogP) is 6.01. The van der Waals surface area contributed by atoms with Crippen LogP contribution in [0.2, 0.25) is 0 Å². The van der Waals surface area contributed by atoms with Gasteiger partial charge in [-0.1, -0.05) is 65.8 Å². The van der Waals surface area contributed by atoms with Gasteiger partial charge in [-0.05, 0) is 24.3 Å². The largest absolute Gasteiger partial charge is 0.332 e. The van der Waals surface area contributed by atoms with Gasteiger partial charge in [0.2, 0.25) is 0 Å². The monoisotopic (exact) mass is 449 g/mol. The first-order chi connectivity index (χ1) is 16.5. The molecule has 0 unspecified atom stereocenters. The van der Waals surface area contributed by atoms with Gasteiger partial charge >= 0.3 is 5.97 Å².